The van der Waals surface area contributed by atoms with E-state index in [4.69, 9.17) is 13.3 Å². The molecular weight excluding hydrogens is 152 g/mol. The first-order valence-corrected chi connectivity index (χ1v) is 4.52. The summed E-state index contributed by atoms with van der Waals surface area (Å²) >= 11 is 0. The van der Waals surface area contributed by atoms with Crippen LogP contribution >= 0.6 is 0 Å². The van der Waals surface area contributed by atoms with E-state index in [0.29, 0.717) is 0 Å². The van der Waals surface area contributed by atoms with Crippen molar-refractivity contribution in [3.63, 3.8) is 0 Å². The molecule has 0 fully saturated rings. The second-order valence-electron chi connectivity index (χ2n) is 1.72. The number of hydrogen-bond acceptors (Lipinski definition) is 4. The van der Waals surface area contributed by atoms with E-state index in [1.807, 2.05) is 0 Å². The number of carbonyl (C=O) groups excluding carboxylic acids is 1. The molecule has 0 heterocycles. The number of rotatable bonds is 4. The van der Waals surface area contributed by atoms with Gasteiger partial charge in [-0.15, -0.1) is 0 Å². The fourth-order valence-corrected chi connectivity index (χ4v) is 2.04. The normalized spacial score (nSPS) is 11.6. The molecule has 0 saturated carbocycles. The molecule has 0 aromatic carbocycles. The van der Waals surface area contributed by atoms with Crippen molar-refractivity contribution in [1.29, 1.82) is 0 Å². The molecule has 0 aromatic heterocycles. The van der Waals surface area contributed by atoms with Crippen molar-refractivity contribution >= 4 is 14.2 Å². The lowest BCUT2D eigenvalue weighted by atomic mass is 10.9. The molecule has 0 N–H and O–H groups in total. The van der Waals surface area contributed by atoms with Gasteiger partial charge < -0.3 is 13.3 Å². The maximum Gasteiger partial charge on any atom is 0.573 e. The molecule has 0 radical (unpaired) electrons. The Morgan fingerprint density at radius 2 is 1.40 bits per heavy atom. The minimum Gasteiger partial charge on any atom is -0.372 e. The lowest BCUT2D eigenvalue weighted by Crippen LogP contribution is -2.50. The summed E-state index contributed by atoms with van der Waals surface area (Å²) < 4.78 is 14.5. The van der Waals surface area contributed by atoms with E-state index >= 15 is 0 Å². The molecule has 0 aliphatic heterocycles. The topological polar surface area (TPSA) is 44.8 Å². The van der Waals surface area contributed by atoms with Crippen molar-refractivity contribution in [1.82, 2.24) is 0 Å². The minimum atomic E-state index is -2.93. The molecule has 0 atom stereocenters. The highest BCUT2D eigenvalue weighted by Gasteiger charge is 2.44. The maximum absolute atomic E-state index is 10.8. The Morgan fingerprint density at radius 3 is 1.40 bits per heavy atom. The Labute approximate surface area is 61.5 Å². The van der Waals surface area contributed by atoms with Crippen molar-refractivity contribution < 1.29 is 18.1 Å². The summed E-state index contributed by atoms with van der Waals surface area (Å²) in [6, 6.07) is 0. The van der Waals surface area contributed by atoms with E-state index in [1.165, 1.54) is 28.3 Å². The molecular formula is C5H12O4Si. The van der Waals surface area contributed by atoms with Crippen LogP contribution in [0.2, 0.25) is 0 Å². The van der Waals surface area contributed by atoms with Gasteiger partial charge >= 0.3 is 8.80 Å². The highest BCUT2D eigenvalue weighted by Crippen LogP contribution is 2.05. The Balaban J connectivity index is 4.31. The van der Waals surface area contributed by atoms with Crippen LogP contribution in [0.1, 0.15) is 6.92 Å². The van der Waals surface area contributed by atoms with Gasteiger partial charge in [-0.05, 0) is 6.92 Å². The minimum absolute atomic E-state index is 0.181. The number of hydrogen-bond donors (Lipinski definition) is 0. The average Bonchev–Trinajstić information content (AvgIpc) is 1.92. The third-order valence-corrected chi connectivity index (χ3v) is 3.71. The van der Waals surface area contributed by atoms with Crippen molar-refractivity contribution in [2.75, 3.05) is 21.3 Å². The Bertz CT molecular complexity index is 113. The summed E-state index contributed by atoms with van der Waals surface area (Å²) in [6.45, 7) is 1.39. The molecule has 0 amide bonds. The van der Waals surface area contributed by atoms with Crippen LogP contribution in [0.25, 0.3) is 0 Å². The molecule has 0 aromatic rings. The standard InChI is InChI=1S/C5H12O4Si/c1-5(6)10(7-2,8-3)9-4/h1-4H3. The zero-order valence-electron chi connectivity index (χ0n) is 6.63. The zero-order chi connectivity index (χ0) is 8.20. The molecule has 0 spiro atoms. The summed E-state index contributed by atoms with van der Waals surface area (Å²) in [5, 5.41) is -0.181. The van der Waals surface area contributed by atoms with E-state index in [-0.39, 0.29) is 5.41 Å². The molecule has 4 nitrogen and oxygen atoms in total. The second-order valence-corrected chi connectivity index (χ2v) is 4.77. The van der Waals surface area contributed by atoms with Crippen LogP contribution in [0.3, 0.4) is 0 Å². The Kier molecular flexibility index (Phi) is 3.73. The quantitative estimate of drug-likeness (QED) is 0.548. The molecule has 0 rings (SSSR count). The maximum atomic E-state index is 10.8. The highest BCUT2D eigenvalue weighted by molar-refractivity contribution is 6.91. The molecule has 5 heteroatoms. The van der Waals surface area contributed by atoms with Crippen molar-refractivity contribution in [2.45, 2.75) is 6.92 Å². The second kappa shape index (κ2) is 3.82. The zero-order valence-corrected chi connectivity index (χ0v) is 7.63. The fraction of sp³-hybridized carbons (Fsp3) is 0.800. The Morgan fingerprint density at radius 1 is 1.10 bits per heavy atom. The van der Waals surface area contributed by atoms with Crippen LogP contribution in [-0.4, -0.2) is 35.5 Å². The third kappa shape index (κ3) is 1.63. The summed E-state index contributed by atoms with van der Waals surface area (Å²) in [5.74, 6) is 0. The molecule has 0 unspecified atom stereocenters. The largest absolute Gasteiger partial charge is 0.573 e. The molecule has 0 aliphatic carbocycles. The SMILES string of the molecule is CO[Si](OC)(OC)C(C)=O. The van der Waals surface area contributed by atoms with Gasteiger partial charge in [-0.25, -0.2) is 0 Å². The van der Waals surface area contributed by atoms with Crippen molar-refractivity contribution in [3.05, 3.63) is 0 Å². The fourth-order valence-electron chi connectivity index (χ4n) is 0.681. The van der Waals surface area contributed by atoms with Crippen molar-refractivity contribution in [3.8, 4) is 0 Å². The molecule has 0 aliphatic rings. The van der Waals surface area contributed by atoms with Crippen LogP contribution in [0.5, 0.6) is 0 Å². The van der Waals surface area contributed by atoms with E-state index < -0.39 is 8.80 Å². The highest BCUT2D eigenvalue weighted by atomic mass is 28.4. The smallest absolute Gasteiger partial charge is 0.372 e. The van der Waals surface area contributed by atoms with Crippen LogP contribution < -0.4 is 0 Å². The number of carbonyl (C=O) groups is 1. The third-order valence-electron chi connectivity index (χ3n) is 1.24. The average molecular weight is 164 g/mol. The van der Waals surface area contributed by atoms with E-state index in [0.717, 1.165) is 0 Å². The summed E-state index contributed by atoms with van der Waals surface area (Å²) in [4.78, 5) is 10.8. The summed E-state index contributed by atoms with van der Waals surface area (Å²) in [6.07, 6.45) is 0. The molecule has 10 heavy (non-hydrogen) atoms. The van der Waals surface area contributed by atoms with Gasteiger partial charge in [0.1, 0.15) is 0 Å². The first kappa shape index (κ1) is 9.77. The predicted molar refractivity (Wildman–Crippen MR) is 37.5 cm³/mol. The van der Waals surface area contributed by atoms with Gasteiger partial charge in [0.15, 0.2) is 5.41 Å². The van der Waals surface area contributed by atoms with Crippen LogP contribution in [0, 0.1) is 0 Å². The van der Waals surface area contributed by atoms with Gasteiger partial charge in [-0.2, -0.15) is 0 Å². The first-order chi connectivity index (χ1) is 4.63. The Hall–Kier alpha value is -0.233. The first-order valence-electron chi connectivity index (χ1n) is 2.79. The lowest BCUT2D eigenvalue weighted by Gasteiger charge is -2.20. The lowest BCUT2D eigenvalue weighted by molar-refractivity contribution is -0.116. The van der Waals surface area contributed by atoms with Crippen LogP contribution in [-0.2, 0) is 18.1 Å². The predicted octanol–water partition coefficient (Wildman–Crippen LogP) is -0.00730. The van der Waals surface area contributed by atoms with Crippen molar-refractivity contribution in [2.24, 2.45) is 0 Å². The van der Waals surface area contributed by atoms with Gasteiger partial charge in [0.2, 0.25) is 0 Å². The summed E-state index contributed by atoms with van der Waals surface area (Å²) in [7, 11) is 1.28. The molecule has 0 saturated heterocycles. The van der Waals surface area contributed by atoms with Gasteiger partial charge in [-0.3, -0.25) is 4.79 Å². The summed E-state index contributed by atoms with van der Waals surface area (Å²) in [5.41, 5.74) is 0. The van der Waals surface area contributed by atoms with Gasteiger partial charge in [-0.1, -0.05) is 0 Å². The van der Waals surface area contributed by atoms with Crippen LogP contribution in [0.15, 0.2) is 0 Å². The van der Waals surface area contributed by atoms with E-state index in [9.17, 15) is 4.79 Å². The molecule has 0 bridgehead atoms. The van der Waals surface area contributed by atoms with E-state index in [2.05, 4.69) is 0 Å². The van der Waals surface area contributed by atoms with Gasteiger partial charge in [0, 0.05) is 21.3 Å². The van der Waals surface area contributed by atoms with Crippen LogP contribution in [0.4, 0.5) is 0 Å². The molecule has 60 valence electrons. The monoisotopic (exact) mass is 164 g/mol. The van der Waals surface area contributed by atoms with Gasteiger partial charge in [0.25, 0.3) is 0 Å². The van der Waals surface area contributed by atoms with E-state index in [1.54, 1.807) is 0 Å². The van der Waals surface area contributed by atoms with Gasteiger partial charge in [0.05, 0.1) is 0 Å².